The zero-order chi connectivity index (χ0) is 13.0. The minimum atomic E-state index is -0.424. The molecule has 1 atom stereocenters. The number of carbonyl (C=O) groups is 1. The lowest BCUT2D eigenvalue weighted by Gasteiger charge is -2.09. The van der Waals surface area contributed by atoms with E-state index in [1.807, 2.05) is 0 Å². The summed E-state index contributed by atoms with van der Waals surface area (Å²) in [4.78, 5) is 11.8. The molecule has 1 amide bonds. The highest BCUT2D eigenvalue weighted by atomic mass is 79.9. The first-order valence-electron chi connectivity index (χ1n) is 5.98. The second-order valence-corrected chi connectivity index (χ2v) is 5.26. The van der Waals surface area contributed by atoms with Crippen molar-refractivity contribution in [2.45, 2.75) is 12.8 Å². The molecule has 98 valence electrons. The fraction of sp³-hybridized carbons (Fsp3) is 0.462. The third kappa shape index (κ3) is 3.53. The van der Waals surface area contributed by atoms with Gasteiger partial charge in [-0.1, -0.05) is 0 Å². The van der Waals surface area contributed by atoms with Crippen molar-refractivity contribution in [2.75, 3.05) is 19.8 Å². The number of hydrogen-bond acceptors (Lipinski definition) is 2. The molecule has 1 unspecified atom stereocenters. The topological polar surface area (TPSA) is 38.3 Å². The van der Waals surface area contributed by atoms with E-state index in [1.165, 1.54) is 12.1 Å². The fourth-order valence-corrected chi connectivity index (χ4v) is 2.19. The molecule has 1 saturated heterocycles. The first-order chi connectivity index (χ1) is 8.66. The molecule has 1 N–H and O–H groups in total. The lowest BCUT2D eigenvalue weighted by molar-refractivity contribution is 0.0950. The third-order valence-corrected chi connectivity index (χ3v) is 3.69. The Morgan fingerprint density at radius 2 is 2.39 bits per heavy atom. The van der Waals surface area contributed by atoms with Gasteiger partial charge in [-0.05, 0) is 52.9 Å². The lowest BCUT2D eigenvalue weighted by atomic mass is 10.1. The summed E-state index contributed by atoms with van der Waals surface area (Å²) < 4.78 is 18.9. The van der Waals surface area contributed by atoms with Crippen LogP contribution in [0, 0.1) is 11.7 Å². The Kier molecular flexibility index (Phi) is 4.72. The minimum absolute atomic E-state index is 0.236. The van der Waals surface area contributed by atoms with Crippen molar-refractivity contribution in [1.82, 2.24) is 5.32 Å². The summed E-state index contributed by atoms with van der Waals surface area (Å²) >= 11 is 3.06. The highest BCUT2D eigenvalue weighted by Gasteiger charge is 2.15. The van der Waals surface area contributed by atoms with Crippen molar-refractivity contribution < 1.29 is 13.9 Å². The van der Waals surface area contributed by atoms with Gasteiger partial charge in [0.25, 0.3) is 5.91 Å². The van der Waals surface area contributed by atoms with Gasteiger partial charge in [0.1, 0.15) is 5.82 Å². The Morgan fingerprint density at radius 1 is 1.56 bits per heavy atom. The number of hydrogen-bond donors (Lipinski definition) is 1. The van der Waals surface area contributed by atoms with Gasteiger partial charge in [0, 0.05) is 25.3 Å². The monoisotopic (exact) mass is 315 g/mol. The summed E-state index contributed by atoms with van der Waals surface area (Å²) in [6.45, 7) is 2.20. The SMILES string of the molecule is O=C(NCCC1CCOC1)c1ccc(Br)c(F)c1. The molecule has 0 saturated carbocycles. The molecule has 5 heteroatoms. The Bertz CT molecular complexity index is 433. The highest BCUT2D eigenvalue weighted by Crippen LogP contribution is 2.17. The number of nitrogens with one attached hydrogen (secondary N) is 1. The van der Waals surface area contributed by atoms with Crippen LogP contribution in [-0.4, -0.2) is 25.7 Å². The van der Waals surface area contributed by atoms with Gasteiger partial charge in [0.15, 0.2) is 0 Å². The summed E-state index contributed by atoms with van der Waals surface area (Å²) in [5, 5.41) is 2.80. The Balaban J connectivity index is 1.81. The van der Waals surface area contributed by atoms with E-state index >= 15 is 0 Å². The van der Waals surface area contributed by atoms with Crippen LogP contribution in [0.3, 0.4) is 0 Å². The van der Waals surface area contributed by atoms with Crippen molar-refractivity contribution in [3.63, 3.8) is 0 Å². The number of amides is 1. The van der Waals surface area contributed by atoms with Crippen LogP contribution in [0.1, 0.15) is 23.2 Å². The molecule has 2 rings (SSSR count). The van der Waals surface area contributed by atoms with Gasteiger partial charge in [0.2, 0.25) is 0 Å². The molecule has 0 aromatic heterocycles. The summed E-state index contributed by atoms with van der Waals surface area (Å²) in [5.74, 6) is -0.126. The molecular formula is C13H15BrFNO2. The predicted octanol–water partition coefficient (Wildman–Crippen LogP) is 2.74. The van der Waals surface area contributed by atoms with Crippen LogP contribution in [0.5, 0.6) is 0 Å². The quantitative estimate of drug-likeness (QED) is 0.927. The van der Waals surface area contributed by atoms with Gasteiger partial charge in [-0.25, -0.2) is 4.39 Å². The second-order valence-electron chi connectivity index (χ2n) is 4.40. The molecule has 18 heavy (non-hydrogen) atoms. The maximum absolute atomic E-state index is 13.3. The van der Waals surface area contributed by atoms with E-state index in [0.717, 1.165) is 26.1 Å². The van der Waals surface area contributed by atoms with E-state index in [0.29, 0.717) is 22.5 Å². The summed E-state index contributed by atoms with van der Waals surface area (Å²) in [7, 11) is 0. The molecule has 1 aromatic carbocycles. The van der Waals surface area contributed by atoms with Gasteiger partial charge >= 0.3 is 0 Å². The normalized spacial score (nSPS) is 18.9. The van der Waals surface area contributed by atoms with Gasteiger partial charge < -0.3 is 10.1 Å². The van der Waals surface area contributed by atoms with E-state index in [-0.39, 0.29) is 5.91 Å². The molecule has 0 aliphatic carbocycles. The van der Waals surface area contributed by atoms with E-state index in [1.54, 1.807) is 6.07 Å². The molecule has 0 spiro atoms. The average Bonchev–Trinajstić information content (AvgIpc) is 2.85. The van der Waals surface area contributed by atoms with E-state index in [4.69, 9.17) is 4.74 Å². The van der Waals surface area contributed by atoms with Crippen LogP contribution in [-0.2, 0) is 4.74 Å². The number of halogens is 2. The first-order valence-corrected chi connectivity index (χ1v) is 6.77. The van der Waals surface area contributed by atoms with Gasteiger partial charge in [0.05, 0.1) is 4.47 Å². The number of rotatable bonds is 4. The number of carbonyl (C=O) groups excluding carboxylic acids is 1. The van der Waals surface area contributed by atoms with E-state index in [9.17, 15) is 9.18 Å². The van der Waals surface area contributed by atoms with Crippen LogP contribution in [0.4, 0.5) is 4.39 Å². The molecule has 1 fully saturated rings. The number of ether oxygens (including phenoxy) is 1. The highest BCUT2D eigenvalue weighted by molar-refractivity contribution is 9.10. The van der Waals surface area contributed by atoms with Crippen LogP contribution < -0.4 is 5.32 Å². The largest absolute Gasteiger partial charge is 0.381 e. The van der Waals surface area contributed by atoms with Gasteiger partial charge in [-0.15, -0.1) is 0 Å². The maximum atomic E-state index is 13.3. The van der Waals surface area contributed by atoms with Crippen molar-refractivity contribution in [3.05, 3.63) is 34.1 Å². The average molecular weight is 316 g/mol. The first kappa shape index (κ1) is 13.5. The van der Waals surface area contributed by atoms with Crippen LogP contribution >= 0.6 is 15.9 Å². The predicted molar refractivity (Wildman–Crippen MR) is 70.0 cm³/mol. The number of benzene rings is 1. The van der Waals surface area contributed by atoms with Crippen molar-refractivity contribution in [3.8, 4) is 0 Å². The second kappa shape index (κ2) is 6.29. The van der Waals surface area contributed by atoms with E-state index < -0.39 is 5.82 Å². The lowest BCUT2D eigenvalue weighted by Crippen LogP contribution is -2.26. The molecule has 3 nitrogen and oxygen atoms in total. The van der Waals surface area contributed by atoms with Crippen molar-refractivity contribution in [2.24, 2.45) is 5.92 Å². The van der Waals surface area contributed by atoms with Crippen LogP contribution in [0.2, 0.25) is 0 Å². The maximum Gasteiger partial charge on any atom is 0.251 e. The minimum Gasteiger partial charge on any atom is -0.381 e. The molecule has 1 aromatic rings. The summed E-state index contributed by atoms with van der Waals surface area (Å²) in [6, 6.07) is 4.37. The third-order valence-electron chi connectivity index (χ3n) is 3.04. The fourth-order valence-electron chi connectivity index (χ4n) is 1.94. The smallest absolute Gasteiger partial charge is 0.251 e. The standard InChI is InChI=1S/C13H15BrFNO2/c14-11-2-1-10(7-12(11)15)13(17)16-5-3-9-4-6-18-8-9/h1-2,7,9H,3-6,8H2,(H,16,17). The molecule has 0 radical (unpaired) electrons. The van der Waals surface area contributed by atoms with Crippen LogP contribution in [0.25, 0.3) is 0 Å². The van der Waals surface area contributed by atoms with Crippen molar-refractivity contribution in [1.29, 1.82) is 0 Å². The molecule has 1 aliphatic heterocycles. The Hall–Kier alpha value is -0.940. The Labute approximate surface area is 114 Å². The van der Waals surface area contributed by atoms with Crippen LogP contribution in [0.15, 0.2) is 22.7 Å². The summed E-state index contributed by atoms with van der Waals surface area (Å²) in [5.41, 5.74) is 0.346. The zero-order valence-electron chi connectivity index (χ0n) is 9.92. The zero-order valence-corrected chi connectivity index (χ0v) is 11.5. The molecule has 1 aliphatic rings. The van der Waals surface area contributed by atoms with Crippen molar-refractivity contribution >= 4 is 21.8 Å². The van der Waals surface area contributed by atoms with Gasteiger partial charge in [-0.2, -0.15) is 0 Å². The molecule has 1 heterocycles. The van der Waals surface area contributed by atoms with Gasteiger partial charge in [-0.3, -0.25) is 4.79 Å². The molecular weight excluding hydrogens is 301 g/mol. The summed E-state index contributed by atoms with van der Waals surface area (Å²) in [6.07, 6.45) is 1.97. The Morgan fingerprint density at radius 3 is 3.06 bits per heavy atom. The molecule has 0 bridgehead atoms. The van der Waals surface area contributed by atoms with E-state index in [2.05, 4.69) is 21.2 Å².